The van der Waals surface area contributed by atoms with Crippen molar-refractivity contribution in [2.75, 3.05) is 27.2 Å². The lowest BCUT2D eigenvalue weighted by Crippen LogP contribution is -2.39. The molecule has 1 atom stereocenters. The maximum absolute atomic E-state index is 9.97. The van der Waals surface area contributed by atoms with Crippen LogP contribution in [0, 0.1) is 5.41 Å². The van der Waals surface area contributed by atoms with Crippen molar-refractivity contribution in [3.63, 3.8) is 0 Å². The third kappa shape index (κ3) is 4.09. The Morgan fingerprint density at radius 3 is 2.33 bits per heavy atom. The number of likely N-dealkylation sites (N-methyl/N-ethyl adjacent to an activating group) is 1. The minimum absolute atomic E-state index is 0.221. The molecule has 3 N–H and O–H groups in total. The smallest absolute Gasteiger partial charge is 0.0672 e. The molecule has 0 saturated heterocycles. The summed E-state index contributed by atoms with van der Waals surface area (Å²) in [4.78, 5) is 2.04. The number of rotatable bonds is 5. The Morgan fingerprint density at radius 1 is 1.27 bits per heavy atom. The normalized spacial score (nSPS) is 23.0. The standard InChI is InChI=1S/C12H26N2O/c1-14(2)9-11(15)8-12(10-13)6-4-3-5-7-12/h11,15H,3-10,13H2,1-2H3/t11-/m0/s1. The predicted molar refractivity (Wildman–Crippen MR) is 63.8 cm³/mol. The summed E-state index contributed by atoms with van der Waals surface area (Å²) >= 11 is 0. The lowest BCUT2D eigenvalue weighted by molar-refractivity contribution is 0.0576. The zero-order valence-corrected chi connectivity index (χ0v) is 10.2. The van der Waals surface area contributed by atoms with E-state index in [4.69, 9.17) is 5.73 Å². The SMILES string of the molecule is CN(C)C[C@@H](O)CC1(CN)CCCCC1. The molecule has 0 aromatic rings. The number of nitrogens with two attached hydrogens (primary N) is 1. The summed E-state index contributed by atoms with van der Waals surface area (Å²) in [5, 5.41) is 9.97. The van der Waals surface area contributed by atoms with Gasteiger partial charge in [0.25, 0.3) is 0 Å². The Morgan fingerprint density at radius 2 is 1.87 bits per heavy atom. The van der Waals surface area contributed by atoms with E-state index in [2.05, 4.69) is 0 Å². The highest BCUT2D eigenvalue weighted by molar-refractivity contribution is 4.86. The van der Waals surface area contributed by atoms with E-state index in [9.17, 15) is 5.11 Å². The van der Waals surface area contributed by atoms with E-state index >= 15 is 0 Å². The second-order valence-electron chi connectivity index (χ2n) is 5.38. The van der Waals surface area contributed by atoms with Crippen LogP contribution in [0.2, 0.25) is 0 Å². The Bertz CT molecular complexity index is 176. The van der Waals surface area contributed by atoms with Crippen LogP contribution in [0.4, 0.5) is 0 Å². The van der Waals surface area contributed by atoms with E-state index in [0.29, 0.717) is 0 Å². The monoisotopic (exact) mass is 214 g/mol. The van der Waals surface area contributed by atoms with Crippen molar-refractivity contribution >= 4 is 0 Å². The third-order valence-corrected chi connectivity index (χ3v) is 3.59. The topological polar surface area (TPSA) is 49.5 Å². The summed E-state index contributed by atoms with van der Waals surface area (Å²) in [6.07, 6.45) is 6.97. The molecule has 0 aliphatic heterocycles. The van der Waals surface area contributed by atoms with Gasteiger partial charge >= 0.3 is 0 Å². The summed E-state index contributed by atoms with van der Waals surface area (Å²) in [5.74, 6) is 0. The molecular weight excluding hydrogens is 188 g/mol. The Labute approximate surface area is 93.6 Å². The quantitative estimate of drug-likeness (QED) is 0.723. The van der Waals surface area contributed by atoms with E-state index in [-0.39, 0.29) is 11.5 Å². The molecule has 0 bridgehead atoms. The number of aliphatic hydroxyl groups is 1. The van der Waals surface area contributed by atoms with Gasteiger partial charge in [0.2, 0.25) is 0 Å². The molecule has 15 heavy (non-hydrogen) atoms. The van der Waals surface area contributed by atoms with Crippen molar-refractivity contribution in [2.24, 2.45) is 11.1 Å². The maximum Gasteiger partial charge on any atom is 0.0672 e. The average Bonchev–Trinajstić information content (AvgIpc) is 2.17. The zero-order valence-electron chi connectivity index (χ0n) is 10.2. The zero-order chi connectivity index (χ0) is 11.3. The fourth-order valence-electron chi connectivity index (χ4n) is 2.78. The van der Waals surface area contributed by atoms with Crippen LogP contribution in [0.25, 0.3) is 0 Å². The van der Waals surface area contributed by atoms with Gasteiger partial charge in [-0.3, -0.25) is 0 Å². The van der Waals surface area contributed by atoms with Gasteiger partial charge in [-0.1, -0.05) is 19.3 Å². The summed E-state index contributed by atoms with van der Waals surface area (Å²) in [7, 11) is 4.00. The van der Waals surface area contributed by atoms with E-state index < -0.39 is 0 Å². The molecule has 1 saturated carbocycles. The van der Waals surface area contributed by atoms with Crippen LogP contribution in [0.1, 0.15) is 38.5 Å². The molecule has 1 rings (SSSR count). The molecule has 1 aliphatic rings. The van der Waals surface area contributed by atoms with Crippen molar-refractivity contribution in [1.82, 2.24) is 4.90 Å². The van der Waals surface area contributed by atoms with Crippen molar-refractivity contribution < 1.29 is 5.11 Å². The second-order valence-corrected chi connectivity index (χ2v) is 5.38. The van der Waals surface area contributed by atoms with Crippen LogP contribution in [0.3, 0.4) is 0 Å². The highest BCUT2D eigenvalue weighted by Crippen LogP contribution is 2.39. The molecular formula is C12H26N2O. The first-order valence-corrected chi connectivity index (χ1v) is 6.11. The summed E-state index contributed by atoms with van der Waals surface area (Å²) in [6.45, 7) is 1.49. The minimum Gasteiger partial charge on any atom is -0.392 e. The van der Waals surface area contributed by atoms with Gasteiger partial charge in [0, 0.05) is 6.54 Å². The Kier molecular flexibility index (Phi) is 5.03. The molecule has 1 fully saturated rings. The predicted octanol–water partition coefficient (Wildman–Crippen LogP) is 1.21. The molecule has 3 nitrogen and oxygen atoms in total. The number of hydrogen-bond acceptors (Lipinski definition) is 3. The van der Waals surface area contributed by atoms with Crippen LogP contribution in [-0.4, -0.2) is 43.3 Å². The number of hydrogen-bond donors (Lipinski definition) is 2. The Hall–Kier alpha value is -0.120. The van der Waals surface area contributed by atoms with E-state index in [1.165, 1.54) is 32.1 Å². The van der Waals surface area contributed by atoms with Crippen LogP contribution < -0.4 is 5.73 Å². The maximum atomic E-state index is 9.97. The van der Waals surface area contributed by atoms with Gasteiger partial charge in [0.05, 0.1) is 6.10 Å². The molecule has 0 amide bonds. The molecule has 0 aromatic heterocycles. The number of aliphatic hydroxyl groups excluding tert-OH is 1. The van der Waals surface area contributed by atoms with Crippen LogP contribution in [-0.2, 0) is 0 Å². The summed E-state index contributed by atoms with van der Waals surface area (Å²) in [6, 6.07) is 0. The number of nitrogens with zero attached hydrogens (tertiary/aromatic N) is 1. The Balaban J connectivity index is 2.43. The van der Waals surface area contributed by atoms with Crippen molar-refractivity contribution in [3.8, 4) is 0 Å². The fourth-order valence-corrected chi connectivity index (χ4v) is 2.78. The molecule has 3 heteroatoms. The van der Waals surface area contributed by atoms with Crippen LogP contribution in [0.15, 0.2) is 0 Å². The highest BCUT2D eigenvalue weighted by atomic mass is 16.3. The van der Waals surface area contributed by atoms with Crippen molar-refractivity contribution in [2.45, 2.75) is 44.6 Å². The van der Waals surface area contributed by atoms with Gasteiger partial charge in [0.1, 0.15) is 0 Å². The van der Waals surface area contributed by atoms with Crippen molar-refractivity contribution in [1.29, 1.82) is 0 Å². The lowest BCUT2D eigenvalue weighted by atomic mass is 9.70. The van der Waals surface area contributed by atoms with E-state index in [1.807, 2.05) is 19.0 Å². The first kappa shape index (κ1) is 12.9. The second kappa shape index (κ2) is 5.83. The van der Waals surface area contributed by atoms with Gasteiger partial charge in [0.15, 0.2) is 0 Å². The fraction of sp³-hybridized carbons (Fsp3) is 1.00. The van der Waals surface area contributed by atoms with Crippen LogP contribution >= 0.6 is 0 Å². The van der Waals surface area contributed by atoms with Gasteiger partial charge < -0.3 is 15.7 Å². The molecule has 90 valence electrons. The first-order chi connectivity index (χ1) is 7.08. The first-order valence-electron chi connectivity index (χ1n) is 6.11. The van der Waals surface area contributed by atoms with E-state index in [1.54, 1.807) is 0 Å². The van der Waals surface area contributed by atoms with Gasteiger partial charge in [-0.2, -0.15) is 0 Å². The molecule has 0 aromatic carbocycles. The van der Waals surface area contributed by atoms with Crippen LogP contribution in [0.5, 0.6) is 0 Å². The molecule has 0 heterocycles. The summed E-state index contributed by atoms with van der Waals surface area (Å²) < 4.78 is 0. The summed E-state index contributed by atoms with van der Waals surface area (Å²) in [5.41, 5.74) is 6.12. The van der Waals surface area contributed by atoms with Gasteiger partial charge in [-0.05, 0) is 45.3 Å². The molecule has 1 aliphatic carbocycles. The highest BCUT2D eigenvalue weighted by Gasteiger charge is 2.32. The average molecular weight is 214 g/mol. The van der Waals surface area contributed by atoms with Crippen molar-refractivity contribution in [3.05, 3.63) is 0 Å². The third-order valence-electron chi connectivity index (χ3n) is 3.59. The van der Waals surface area contributed by atoms with Gasteiger partial charge in [-0.25, -0.2) is 0 Å². The lowest BCUT2D eigenvalue weighted by Gasteiger charge is -2.38. The molecule has 0 radical (unpaired) electrons. The van der Waals surface area contributed by atoms with E-state index in [0.717, 1.165) is 19.5 Å². The largest absolute Gasteiger partial charge is 0.392 e. The minimum atomic E-state index is -0.221. The molecule has 0 unspecified atom stereocenters. The van der Waals surface area contributed by atoms with Gasteiger partial charge in [-0.15, -0.1) is 0 Å². The molecule has 0 spiro atoms.